The van der Waals surface area contributed by atoms with E-state index in [1.165, 1.54) is 4.90 Å². The molecule has 2 bridgehead atoms. The Morgan fingerprint density at radius 1 is 1.14 bits per heavy atom. The van der Waals surface area contributed by atoms with Gasteiger partial charge in [0.05, 0.1) is 16.5 Å². The van der Waals surface area contributed by atoms with Crippen LogP contribution in [-0.2, 0) is 9.53 Å². The summed E-state index contributed by atoms with van der Waals surface area (Å²) in [6.45, 7) is 4.23. The topological polar surface area (TPSA) is 26.3 Å². The van der Waals surface area contributed by atoms with E-state index in [9.17, 15) is 4.79 Å². The Hall–Kier alpha value is -1.39. The molecule has 3 saturated carbocycles. The van der Waals surface area contributed by atoms with Crippen molar-refractivity contribution in [1.82, 2.24) is 0 Å². The molecule has 152 valence electrons. The van der Waals surface area contributed by atoms with Gasteiger partial charge in [0, 0.05) is 16.2 Å². The van der Waals surface area contributed by atoms with Gasteiger partial charge in [0.1, 0.15) is 0 Å². The molecule has 4 fully saturated rings. The van der Waals surface area contributed by atoms with Crippen LogP contribution in [0.4, 0.5) is 4.39 Å². The molecule has 4 aliphatic carbocycles. The van der Waals surface area contributed by atoms with Crippen LogP contribution >= 0.6 is 11.8 Å². The highest BCUT2D eigenvalue weighted by Crippen LogP contribution is 2.75. The Kier molecular flexibility index (Phi) is 3.58. The van der Waals surface area contributed by atoms with Crippen molar-refractivity contribution >= 4 is 17.5 Å². The molecule has 0 amide bonds. The number of rotatable bonds is 2. The first-order chi connectivity index (χ1) is 13.8. The number of carbonyl (C=O) groups is 1. The van der Waals surface area contributed by atoms with E-state index >= 15 is 4.39 Å². The minimum atomic E-state index is -1.45. The second-order valence-electron chi connectivity index (χ2n) is 10.0. The molecule has 1 aromatic rings. The van der Waals surface area contributed by atoms with E-state index in [2.05, 4.69) is 31.2 Å². The number of carbonyl (C=O) groups excluding carboxylic acids is 1. The maximum absolute atomic E-state index is 17.4. The minimum absolute atomic E-state index is 0.00913. The van der Waals surface area contributed by atoms with Gasteiger partial charge in [-0.1, -0.05) is 29.8 Å². The first-order valence-electron chi connectivity index (χ1n) is 10.9. The Labute approximate surface area is 176 Å². The maximum atomic E-state index is 17.4. The molecule has 5 aliphatic rings. The van der Waals surface area contributed by atoms with Crippen LogP contribution in [0.1, 0.15) is 46.0 Å². The third-order valence-electron chi connectivity index (χ3n) is 8.94. The van der Waals surface area contributed by atoms with Gasteiger partial charge in [0.25, 0.3) is 0 Å². The lowest BCUT2D eigenvalue weighted by Gasteiger charge is -2.59. The zero-order chi connectivity index (χ0) is 20.1. The van der Waals surface area contributed by atoms with Crippen molar-refractivity contribution in [1.29, 1.82) is 0 Å². The fourth-order valence-electron chi connectivity index (χ4n) is 7.51. The van der Waals surface area contributed by atoms with Crippen LogP contribution in [0.5, 0.6) is 0 Å². The van der Waals surface area contributed by atoms with Crippen LogP contribution in [0, 0.1) is 17.3 Å². The average molecular weight is 411 g/mol. The number of hydrogen-bond acceptors (Lipinski definition) is 3. The third-order valence-corrected chi connectivity index (χ3v) is 10.7. The molecule has 4 heteroatoms. The van der Waals surface area contributed by atoms with Crippen molar-refractivity contribution in [2.75, 3.05) is 0 Å². The molecule has 0 radical (unpaired) electrons. The van der Waals surface area contributed by atoms with Crippen molar-refractivity contribution in [3.05, 3.63) is 54.1 Å². The molecule has 29 heavy (non-hydrogen) atoms. The largest absolute Gasteiger partial charge is 0.367 e. The molecule has 0 spiro atoms. The molecule has 7 atom stereocenters. The fraction of sp³-hybridized carbons (Fsp3) is 0.560. The van der Waals surface area contributed by atoms with Gasteiger partial charge in [-0.15, -0.1) is 11.8 Å². The number of ether oxygens (including phenoxy) is 1. The van der Waals surface area contributed by atoms with E-state index in [0.29, 0.717) is 5.92 Å². The summed E-state index contributed by atoms with van der Waals surface area (Å²) in [6, 6.07) is 10.6. The Morgan fingerprint density at radius 2 is 1.93 bits per heavy atom. The standard InChI is InChI=1S/C25H27FO2S/c1-22-12-10-17(27)14-16(22)8-9-20-19-11-13-23(2)24(19,15-21(28-23)25(20,22)26)29-18-6-4-3-5-7-18/h3-7,10,12,14,19-21H,8-9,11,13,15H2,1-2H3/t19-,20-,21-,22-,23-,24-,25-/m0/s1. The van der Waals surface area contributed by atoms with E-state index in [1.807, 2.05) is 30.8 Å². The summed E-state index contributed by atoms with van der Waals surface area (Å²) in [5.41, 5.74) is -1.52. The predicted octanol–water partition coefficient (Wildman–Crippen LogP) is 5.68. The summed E-state index contributed by atoms with van der Waals surface area (Å²) in [5, 5.41) is 0. The second-order valence-corrected chi connectivity index (χ2v) is 11.4. The lowest BCUT2D eigenvalue weighted by molar-refractivity contribution is -0.168. The van der Waals surface area contributed by atoms with Crippen LogP contribution < -0.4 is 0 Å². The van der Waals surface area contributed by atoms with Crippen LogP contribution in [0.25, 0.3) is 0 Å². The van der Waals surface area contributed by atoms with E-state index < -0.39 is 17.2 Å². The number of hydrogen-bond donors (Lipinski definition) is 0. The van der Waals surface area contributed by atoms with Gasteiger partial charge in [0.2, 0.25) is 0 Å². The first-order valence-corrected chi connectivity index (χ1v) is 11.7. The van der Waals surface area contributed by atoms with E-state index in [4.69, 9.17) is 4.74 Å². The first kappa shape index (κ1) is 18.4. The molecule has 1 saturated heterocycles. The van der Waals surface area contributed by atoms with Gasteiger partial charge >= 0.3 is 0 Å². The van der Waals surface area contributed by atoms with Gasteiger partial charge in [-0.25, -0.2) is 4.39 Å². The monoisotopic (exact) mass is 410 g/mol. The van der Waals surface area contributed by atoms with Crippen LogP contribution in [0.3, 0.4) is 0 Å². The predicted molar refractivity (Wildman–Crippen MR) is 113 cm³/mol. The number of thioether (sulfide) groups is 1. The lowest BCUT2D eigenvalue weighted by Crippen LogP contribution is -2.65. The van der Waals surface area contributed by atoms with Crippen molar-refractivity contribution in [2.24, 2.45) is 17.3 Å². The number of ketones is 1. The zero-order valence-corrected chi connectivity index (χ0v) is 17.8. The highest BCUT2D eigenvalue weighted by molar-refractivity contribution is 8.00. The fourth-order valence-corrected chi connectivity index (χ4v) is 9.26. The number of fused-ring (bicyclic) bond motifs is 6. The van der Waals surface area contributed by atoms with E-state index in [0.717, 1.165) is 37.7 Å². The molecule has 2 nitrogen and oxygen atoms in total. The molecule has 1 aromatic carbocycles. The Bertz CT molecular complexity index is 957. The van der Waals surface area contributed by atoms with Gasteiger partial charge in [-0.05, 0) is 76.2 Å². The summed E-state index contributed by atoms with van der Waals surface area (Å²) >= 11 is 1.94. The van der Waals surface area contributed by atoms with Crippen molar-refractivity contribution in [3.63, 3.8) is 0 Å². The molecule has 1 heterocycles. The van der Waals surface area contributed by atoms with Crippen molar-refractivity contribution in [3.8, 4) is 0 Å². The van der Waals surface area contributed by atoms with Gasteiger partial charge in [-0.3, -0.25) is 4.79 Å². The summed E-state index contributed by atoms with van der Waals surface area (Å²) in [4.78, 5) is 13.3. The molecule has 0 unspecified atom stereocenters. The molecule has 0 aromatic heterocycles. The van der Waals surface area contributed by atoms with Gasteiger partial charge in [-0.2, -0.15) is 0 Å². The zero-order valence-electron chi connectivity index (χ0n) is 17.0. The van der Waals surface area contributed by atoms with Crippen LogP contribution in [0.15, 0.2) is 59.0 Å². The molecule has 1 aliphatic heterocycles. The molecular formula is C25H27FO2S. The van der Waals surface area contributed by atoms with E-state index in [-0.39, 0.29) is 22.0 Å². The summed E-state index contributed by atoms with van der Waals surface area (Å²) in [5.74, 6) is 0.262. The smallest absolute Gasteiger partial charge is 0.178 e. The highest BCUT2D eigenvalue weighted by atomic mass is 32.2. The quantitative estimate of drug-likeness (QED) is 0.628. The number of alkyl halides is 1. The Balaban J connectivity index is 1.48. The summed E-state index contributed by atoms with van der Waals surface area (Å²) in [6.07, 6.45) is 9.11. The van der Waals surface area contributed by atoms with Crippen LogP contribution in [0.2, 0.25) is 0 Å². The Morgan fingerprint density at radius 3 is 2.72 bits per heavy atom. The van der Waals surface area contributed by atoms with Gasteiger partial charge in [0.15, 0.2) is 11.5 Å². The number of allylic oxidation sites excluding steroid dienone is 4. The van der Waals surface area contributed by atoms with E-state index in [1.54, 1.807) is 12.2 Å². The molecule has 0 N–H and O–H groups in total. The number of halogens is 1. The molecular weight excluding hydrogens is 383 g/mol. The normalized spacial score (nSPS) is 49.6. The third kappa shape index (κ3) is 2.05. The number of benzene rings is 1. The molecule has 6 rings (SSSR count). The second kappa shape index (κ2) is 5.64. The average Bonchev–Trinajstić information content (AvgIpc) is 3.11. The van der Waals surface area contributed by atoms with Crippen LogP contribution in [-0.4, -0.2) is 27.9 Å². The lowest BCUT2D eigenvalue weighted by atomic mass is 9.48. The van der Waals surface area contributed by atoms with Crippen molar-refractivity contribution < 1.29 is 13.9 Å². The van der Waals surface area contributed by atoms with Crippen molar-refractivity contribution in [2.45, 2.75) is 73.0 Å². The maximum Gasteiger partial charge on any atom is 0.178 e. The highest BCUT2D eigenvalue weighted by Gasteiger charge is 2.79. The summed E-state index contributed by atoms with van der Waals surface area (Å²) < 4.78 is 24.0. The SMILES string of the molecule is C[C@]12C=CC(=O)C=C1CC[C@H]1[C@@H]3CC[C@]4(C)O[C@@H](C[C@]34Sc3ccccc3)[C@@]12F. The minimum Gasteiger partial charge on any atom is -0.367 e. The summed E-state index contributed by atoms with van der Waals surface area (Å²) in [7, 11) is 0. The van der Waals surface area contributed by atoms with Gasteiger partial charge < -0.3 is 4.74 Å².